The lowest BCUT2D eigenvalue weighted by molar-refractivity contribution is -0.144. The zero-order chi connectivity index (χ0) is 23.0. The average Bonchev–Trinajstić information content (AvgIpc) is 3.23. The second-order valence-electron chi connectivity index (χ2n) is 8.39. The molecule has 0 spiro atoms. The Morgan fingerprint density at radius 1 is 1.31 bits per heavy atom. The second kappa shape index (κ2) is 8.37. The molecule has 170 valence electrons. The Kier molecular flexibility index (Phi) is 5.75. The number of halogens is 2. The second-order valence-corrected chi connectivity index (χ2v) is 8.39. The third-order valence-electron chi connectivity index (χ3n) is 6.36. The fourth-order valence-electron chi connectivity index (χ4n) is 4.74. The highest BCUT2D eigenvalue weighted by Crippen LogP contribution is 2.46. The number of amidine groups is 1. The van der Waals surface area contributed by atoms with Crippen molar-refractivity contribution in [2.45, 2.75) is 38.0 Å². The van der Waals surface area contributed by atoms with Crippen LogP contribution in [0.25, 0.3) is 0 Å². The number of aromatic carboxylic acids is 1. The topological polar surface area (TPSA) is 91.2 Å². The van der Waals surface area contributed by atoms with E-state index in [1.54, 1.807) is 13.1 Å². The van der Waals surface area contributed by atoms with E-state index in [-0.39, 0.29) is 22.9 Å². The number of alkyl halides is 2. The first-order valence-electron chi connectivity index (χ1n) is 10.6. The van der Waals surface area contributed by atoms with Crippen LogP contribution in [0, 0.1) is 11.8 Å². The summed E-state index contributed by atoms with van der Waals surface area (Å²) >= 11 is 0. The number of ketones is 1. The number of benzene rings is 1. The van der Waals surface area contributed by atoms with Gasteiger partial charge in [-0.25, -0.2) is 9.79 Å². The number of Topliss-reactive ketones (excluding diaryl/α,β-unsaturated/α-hetero) is 1. The molecule has 2 aliphatic carbocycles. The molecule has 2 N–H and O–H groups in total. The Labute approximate surface area is 184 Å². The van der Waals surface area contributed by atoms with Crippen LogP contribution >= 0.6 is 0 Å². The van der Waals surface area contributed by atoms with E-state index in [0.29, 0.717) is 17.2 Å². The van der Waals surface area contributed by atoms with Crippen LogP contribution in [0.5, 0.6) is 5.75 Å². The number of ether oxygens (including phenoxy) is 1. The fourth-order valence-corrected chi connectivity index (χ4v) is 4.74. The van der Waals surface area contributed by atoms with Gasteiger partial charge in [0.2, 0.25) is 5.78 Å². The van der Waals surface area contributed by atoms with Crippen LogP contribution in [0.4, 0.5) is 14.5 Å². The molecule has 0 bridgehead atoms. The van der Waals surface area contributed by atoms with Crippen LogP contribution in [-0.4, -0.2) is 47.7 Å². The van der Waals surface area contributed by atoms with E-state index in [9.17, 15) is 23.5 Å². The fraction of sp³-hybridized carbons (Fsp3) is 0.435. The van der Waals surface area contributed by atoms with Crippen molar-refractivity contribution in [1.29, 1.82) is 0 Å². The third kappa shape index (κ3) is 3.99. The van der Waals surface area contributed by atoms with Gasteiger partial charge in [-0.1, -0.05) is 12.8 Å². The van der Waals surface area contributed by atoms with Crippen LogP contribution in [-0.2, 0) is 4.79 Å². The molecule has 1 fully saturated rings. The van der Waals surface area contributed by atoms with E-state index in [1.807, 2.05) is 0 Å². The number of nitrogens with zero attached hydrogens (tertiary/aromatic N) is 2. The lowest BCUT2D eigenvalue weighted by atomic mass is 9.77. The van der Waals surface area contributed by atoms with Gasteiger partial charge in [0.05, 0.1) is 12.7 Å². The van der Waals surface area contributed by atoms with Crippen LogP contribution in [0.15, 0.2) is 46.9 Å². The molecule has 1 unspecified atom stereocenters. The van der Waals surface area contributed by atoms with Crippen LogP contribution in [0.2, 0.25) is 0 Å². The summed E-state index contributed by atoms with van der Waals surface area (Å²) < 4.78 is 34.6. The number of allylic oxidation sites excluding steroid dienone is 2. The van der Waals surface area contributed by atoms with Crippen molar-refractivity contribution < 1.29 is 28.2 Å². The van der Waals surface area contributed by atoms with Crippen LogP contribution in [0.1, 0.15) is 42.5 Å². The Hall–Kier alpha value is -3.23. The molecule has 3 aliphatic rings. The van der Waals surface area contributed by atoms with Crippen molar-refractivity contribution in [2.75, 3.05) is 14.2 Å². The number of likely N-dealkylation sites (N-methyl/N-ethyl adjacent to an activating group) is 1. The molecule has 32 heavy (non-hydrogen) atoms. The molecule has 7 nitrogen and oxygen atoms in total. The van der Waals surface area contributed by atoms with Gasteiger partial charge in [-0.15, -0.1) is 0 Å². The number of carbonyl (C=O) groups is 2. The maximum atomic E-state index is 14.7. The van der Waals surface area contributed by atoms with Gasteiger partial charge in [0, 0.05) is 31.3 Å². The smallest absolute Gasteiger partial charge is 0.335 e. The van der Waals surface area contributed by atoms with Gasteiger partial charge in [0.15, 0.2) is 0 Å². The Morgan fingerprint density at radius 3 is 2.69 bits per heavy atom. The summed E-state index contributed by atoms with van der Waals surface area (Å²) in [4.78, 5) is 29.8. The molecule has 1 aromatic rings. The minimum absolute atomic E-state index is 0.0345. The Morgan fingerprint density at radius 2 is 2.03 bits per heavy atom. The van der Waals surface area contributed by atoms with Crippen LogP contribution in [0.3, 0.4) is 0 Å². The van der Waals surface area contributed by atoms with Crippen molar-refractivity contribution in [3.63, 3.8) is 0 Å². The first kappa shape index (κ1) is 22.0. The normalized spacial score (nSPS) is 24.4. The van der Waals surface area contributed by atoms with Gasteiger partial charge in [0.1, 0.15) is 23.0 Å². The SMILES string of the molecule is COc1cc(C(=O)O)ccc1N=C1C=CN(C)C2=C(N1)C(C1CCCC1)CC(F)(F)C2=O. The molecule has 0 saturated heterocycles. The first-order chi connectivity index (χ1) is 15.2. The minimum Gasteiger partial charge on any atom is -0.494 e. The van der Waals surface area contributed by atoms with Crippen molar-refractivity contribution in [3.8, 4) is 5.75 Å². The summed E-state index contributed by atoms with van der Waals surface area (Å²) in [5.41, 5.74) is 0.871. The standard InChI is InChI=1S/C23H25F2N3O4/c1-28-10-9-18(26-16-8-7-14(22(30)31)11-17(16)32-2)27-19-15(13-5-3-4-6-13)12-23(24,25)21(29)20(19)28/h7-11,13,15H,3-6,12H2,1-2H3,(H,26,27)(H,30,31). The van der Waals surface area contributed by atoms with Gasteiger partial charge in [-0.3, -0.25) is 4.79 Å². The maximum Gasteiger partial charge on any atom is 0.335 e. The molecule has 0 amide bonds. The molecule has 1 aromatic carbocycles. The molecule has 0 aromatic heterocycles. The summed E-state index contributed by atoms with van der Waals surface area (Å²) in [6.45, 7) is 0. The van der Waals surface area contributed by atoms with Gasteiger partial charge in [0.25, 0.3) is 0 Å². The summed E-state index contributed by atoms with van der Waals surface area (Å²) in [6, 6.07) is 4.29. The van der Waals surface area contributed by atoms with Crippen molar-refractivity contribution in [3.05, 3.63) is 47.4 Å². The van der Waals surface area contributed by atoms with E-state index in [4.69, 9.17) is 4.74 Å². The van der Waals surface area contributed by atoms with E-state index >= 15 is 0 Å². The molecular formula is C23H25F2N3O4. The van der Waals surface area contributed by atoms with Gasteiger partial charge in [-0.05, 0) is 43.0 Å². The van der Waals surface area contributed by atoms with Gasteiger partial charge < -0.3 is 20.1 Å². The van der Waals surface area contributed by atoms with E-state index in [0.717, 1.165) is 25.7 Å². The third-order valence-corrected chi connectivity index (χ3v) is 6.36. The maximum absolute atomic E-state index is 14.7. The first-order valence-corrected chi connectivity index (χ1v) is 10.6. The zero-order valence-electron chi connectivity index (χ0n) is 17.9. The zero-order valence-corrected chi connectivity index (χ0v) is 17.9. The molecule has 9 heteroatoms. The van der Waals surface area contributed by atoms with Crippen molar-refractivity contribution >= 4 is 23.3 Å². The van der Waals surface area contributed by atoms with Crippen molar-refractivity contribution in [2.24, 2.45) is 16.8 Å². The number of hydrogen-bond donors (Lipinski definition) is 2. The molecule has 1 atom stereocenters. The highest BCUT2D eigenvalue weighted by molar-refractivity contribution is 6.05. The minimum atomic E-state index is -3.41. The number of aliphatic imine (C=N–C) groups is 1. The molecule has 4 rings (SSSR count). The number of carbonyl (C=O) groups excluding carboxylic acids is 1. The summed E-state index contributed by atoms with van der Waals surface area (Å²) in [7, 11) is 2.98. The molecule has 1 heterocycles. The molecular weight excluding hydrogens is 420 g/mol. The highest BCUT2D eigenvalue weighted by Gasteiger charge is 2.52. The lowest BCUT2D eigenvalue weighted by Gasteiger charge is -2.37. The predicted octanol–water partition coefficient (Wildman–Crippen LogP) is 4.10. The van der Waals surface area contributed by atoms with Crippen molar-refractivity contribution in [1.82, 2.24) is 10.2 Å². The van der Waals surface area contributed by atoms with Gasteiger partial charge >= 0.3 is 11.9 Å². The number of rotatable bonds is 4. The number of nitrogens with one attached hydrogen (secondary N) is 1. The Balaban J connectivity index is 1.76. The summed E-state index contributed by atoms with van der Waals surface area (Å²) in [5.74, 6) is -5.48. The van der Waals surface area contributed by atoms with Gasteiger partial charge in [-0.2, -0.15) is 8.78 Å². The number of methoxy groups -OCH3 is 1. The van der Waals surface area contributed by atoms with Crippen LogP contribution < -0.4 is 10.1 Å². The number of hydrogen-bond acceptors (Lipinski definition) is 5. The number of carboxylic acids is 1. The molecule has 1 aliphatic heterocycles. The predicted molar refractivity (Wildman–Crippen MR) is 114 cm³/mol. The van der Waals surface area contributed by atoms with E-state index in [1.165, 1.54) is 36.4 Å². The molecule has 0 radical (unpaired) electrons. The quantitative estimate of drug-likeness (QED) is 0.725. The highest BCUT2D eigenvalue weighted by atomic mass is 19.3. The van der Waals surface area contributed by atoms with E-state index < -0.39 is 30.0 Å². The monoisotopic (exact) mass is 445 g/mol. The summed E-state index contributed by atoms with van der Waals surface area (Å²) in [6.07, 6.45) is 6.29. The van der Waals surface area contributed by atoms with E-state index in [2.05, 4.69) is 10.3 Å². The number of carboxylic acid groups (broad SMARTS) is 1. The largest absolute Gasteiger partial charge is 0.494 e. The average molecular weight is 445 g/mol. The Bertz CT molecular complexity index is 1040. The lowest BCUT2D eigenvalue weighted by Crippen LogP contribution is -2.46. The molecule has 1 saturated carbocycles. The summed E-state index contributed by atoms with van der Waals surface area (Å²) in [5, 5.41) is 12.3.